The summed E-state index contributed by atoms with van der Waals surface area (Å²) in [6, 6.07) is 3.36. The number of hydrogen-bond acceptors (Lipinski definition) is 5. The van der Waals surface area contributed by atoms with E-state index in [1.165, 1.54) is 16.2 Å². The van der Waals surface area contributed by atoms with Gasteiger partial charge in [-0.15, -0.1) is 11.3 Å². The average molecular weight is 304 g/mol. The average Bonchev–Trinajstić information content (AvgIpc) is 2.87. The number of nitrogens with one attached hydrogen (secondary N) is 1. The van der Waals surface area contributed by atoms with Crippen LogP contribution in [0.2, 0.25) is 0 Å². The van der Waals surface area contributed by atoms with Gasteiger partial charge in [-0.25, -0.2) is 17.9 Å². The number of amides is 1. The van der Waals surface area contributed by atoms with E-state index in [9.17, 15) is 13.2 Å². The summed E-state index contributed by atoms with van der Waals surface area (Å²) in [5.74, 6) is 0. The SMILES string of the molecule is Cc1ccc(S(=O)(=O)NCCC2CN(C)C(=O)O2)s1. The van der Waals surface area contributed by atoms with Gasteiger partial charge in [-0.1, -0.05) is 0 Å². The number of rotatable bonds is 5. The largest absolute Gasteiger partial charge is 0.444 e. The number of thiophene rings is 1. The molecule has 106 valence electrons. The maximum Gasteiger partial charge on any atom is 0.409 e. The van der Waals surface area contributed by atoms with Crippen LogP contribution in [0.25, 0.3) is 0 Å². The molecule has 1 fully saturated rings. The first-order valence-corrected chi connectivity index (χ1v) is 8.16. The van der Waals surface area contributed by atoms with Gasteiger partial charge in [0.05, 0.1) is 6.54 Å². The number of aryl methyl sites for hydroxylation is 1. The second-order valence-corrected chi connectivity index (χ2v) is 7.72. The van der Waals surface area contributed by atoms with Crippen LogP contribution in [0.4, 0.5) is 4.79 Å². The van der Waals surface area contributed by atoms with Crippen LogP contribution in [0, 0.1) is 6.92 Å². The summed E-state index contributed by atoms with van der Waals surface area (Å²) in [5.41, 5.74) is 0. The Hall–Kier alpha value is -1.12. The van der Waals surface area contributed by atoms with Crippen molar-refractivity contribution in [3.63, 3.8) is 0 Å². The van der Waals surface area contributed by atoms with Gasteiger partial charge in [0.1, 0.15) is 10.3 Å². The lowest BCUT2D eigenvalue weighted by Crippen LogP contribution is -2.28. The van der Waals surface area contributed by atoms with Crippen molar-refractivity contribution in [3.05, 3.63) is 17.0 Å². The highest BCUT2D eigenvalue weighted by molar-refractivity contribution is 7.91. The standard InChI is InChI=1S/C11H16N2O4S2/c1-8-3-4-10(18-8)19(15,16)12-6-5-9-7-13(2)11(14)17-9/h3-4,9,12H,5-7H2,1-2H3. The molecule has 1 atom stereocenters. The number of nitrogens with zero attached hydrogens (tertiary/aromatic N) is 1. The minimum absolute atomic E-state index is 0.245. The molecule has 1 aliphatic rings. The molecule has 19 heavy (non-hydrogen) atoms. The molecule has 1 aliphatic heterocycles. The summed E-state index contributed by atoms with van der Waals surface area (Å²) in [7, 11) is -1.79. The number of likely N-dealkylation sites (N-methyl/N-ethyl adjacent to an activating group) is 1. The third-order valence-electron chi connectivity index (χ3n) is 2.80. The Bertz CT molecular complexity index is 567. The molecule has 1 aromatic rings. The van der Waals surface area contributed by atoms with Gasteiger partial charge in [0.15, 0.2) is 0 Å². The fourth-order valence-electron chi connectivity index (χ4n) is 1.78. The summed E-state index contributed by atoms with van der Waals surface area (Å²) in [4.78, 5) is 13.6. The van der Waals surface area contributed by atoms with E-state index in [1.54, 1.807) is 19.2 Å². The molecule has 1 aromatic heterocycles. The lowest BCUT2D eigenvalue weighted by atomic mass is 10.2. The van der Waals surface area contributed by atoms with Crippen molar-refractivity contribution in [1.29, 1.82) is 0 Å². The van der Waals surface area contributed by atoms with Crippen LogP contribution in [0.3, 0.4) is 0 Å². The molecule has 8 heteroatoms. The van der Waals surface area contributed by atoms with E-state index in [0.717, 1.165) is 4.88 Å². The Morgan fingerprint density at radius 1 is 1.53 bits per heavy atom. The number of carbonyl (C=O) groups is 1. The molecule has 0 saturated carbocycles. The Balaban J connectivity index is 1.84. The summed E-state index contributed by atoms with van der Waals surface area (Å²) in [6.07, 6.45) is -0.133. The van der Waals surface area contributed by atoms with Gasteiger partial charge in [0.25, 0.3) is 0 Å². The molecular weight excluding hydrogens is 288 g/mol. The molecule has 0 radical (unpaired) electrons. The van der Waals surface area contributed by atoms with Crippen molar-refractivity contribution in [1.82, 2.24) is 9.62 Å². The minimum Gasteiger partial charge on any atom is -0.444 e. The van der Waals surface area contributed by atoms with Crippen molar-refractivity contribution in [2.45, 2.75) is 23.7 Å². The monoisotopic (exact) mass is 304 g/mol. The molecule has 1 saturated heterocycles. The maximum absolute atomic E-state index is 11.9. The van der Waals surface area contributed by atoms with Crippen LogP contribution in [0.15, 0.2) is 16.3 Å². The van der Waals surface area contributed by atoms with E-state index < -0.39 is 10.0 Å². The summed E-state index contributed by atoms with van der Waals surface area (Å²) >= 11 is 1.23. The van der Waals surface area contributed by atoms with Crippen LogP contribution in [0.1, 0.15) is 11.3 Å². The fourth-order valence-corrected chi connectivity index (χ4v) is 4.16. The first-order chi connectivity index (χ1) is 8.88. The van der Waals surface area contributed by atoms with Gasteiger partial charge < -0.3 is 9.64 Å². The Kier molecular flexibility index (Phi) is 4.12. The number of hydrogen-bond donors (Lipinski definition) is 1. The third kappa shape index (κ3) is 3.46. The van der Waals surface area contributed by atoms with Crippen molar-refractivity contribution >= 4 is 27.5 Å². The molecule has 0 aromatic carbocycles. The number of cyclic esters (lactones) is 1. The summed E-state index contributed by atoms with van der Waals surface area (Å²) in [6.45, 7) is 2.61. The zero-order valence-corrected chi connectivity index (χ0v) is 12.4. The van der Waals surface area contributed by atoms with Crippen LogP contribution in [0.5, 0.6) is 0 Å². The lowest BCUT2D eigenvalue weighted by Gasteiger charge is -2.08. The molecule has 6 nitrogen and oxygen atoms in total. The molecule has 2 heterocycles. The third-order valence-corrected chi connectivity index (χ3v) is 5.75. The van der Waals surface area contributed by atoms with E-state index in [2.05, 4.69) is 4.72 Å². The number of ether oxygens (including phenoxy) is 1. The Morgan fingerprint density at radius 2 is 2.26 bits per heavy atom. The predicted octanol–water partition coefficient (Wildman–Crippen LogP) is 1.18. The first kappa shape index (κ1) is 14.3. The molecule has 1 amide bonds. The van der Waals surface area contributed by atoms with Crippen molar-refractivity contribution < 1.29 is 17.9 Å². The highest BCUT2D eigenvalue weighted by Gasteiger charge is 2.28. The first-order valence-electron chi connectivity index (χ1n) is 5.86. The zero-order valence-electron chi connectivity index (χ0n) is 10.8. The van der Waals surface area contributed by atoms with Gasteiger partial charge in [-0.05, 0) is 25.5 Å². The predicted molar refractivity (Wildman–Crippen MR) is 71.8 cm³/mol. The lowest BCUT2D eigenvalue weighted by molar-refractivity contribution is 0.131. The molecule has 0 bridgehead atoms. The molecule has 2 rings (SSSR count). The van der Waals surface area contributed by atoms with E-state index in [1.807, 2.05) is 6.92 Å². The molecule has 1 unspecified atom stereocenters. The van der Waals surface area contributed by atoms with Gasteiger partial charge >= 0.3 is 6.09 Å². The van der Waals surface area contributed by atoms with Crippen LogP contribution in [-0.4, -0.2) is 45.7 Å². The quantitative estimate of drug-likeness (QED) is 0.886. The van der Waals surface area contributed by atoms with Crippen LogP contribution >= 0.6 is 11.3 Å². The Morgan fingerprint density at radius 3 is 2.79 bits per heavy atom. The minimum atomic E-state index is -3.44. The highest BCUT2D eigenvalue weighted by Crippen LogP contribution is 2.20. The van der Waals surface area contributed by atoms with Gasteiger partial charge in [-0.2, -0.15) is 0 Å². The van der Waals surface area contributed by atoms with Gasteiger partial charge in [-0.3, -0.25) is 0 Å². The molecule has 1 N–H and O–H groups in total. The summed E-state index contributed by atoms with van der Waals surface area (Å²) in [5, 5.41) is 0. The van der Waals surface area contributed by atoms with E-state index >= 15 is 0 Å². The Labute approximate surface area is 116 Å². The topological polar surface area (TPSA) is 75.7 Å². The second kappa shape index (κ2) is 5.48. The fraction of sp³-hybridized carbons (Fsp3) is 0.545. The van der Waals surface area contributed by atoms with Crippen molar-refractivity contribution in [2.75, 3.05) is 20.1 Å². The number of sulfonamides is 1. The van der Waals surface area contributed by atoms with E-state index in [0.29, 0.717) is 17.2 Å². The smallest absolute Gasteiger partial charge is 0.409 e. The van der Waals surface area contributed by atoms with Gasteiger partial charge in [0, 0.05) is 18.5 Å². The van der Waals surface area contributed by atoms with E-state index in [4.69, 9.17) is 4.74 Å². The highest BCUT2D eigenvalue weighted by atomic mass is 32.2. The van der Waals surface area contributed by atoms with E-state index in [-0.39, 0.29) is 18.7 Å². The van der Waals surface area contributed by atoms with Crippen molar-refractivity contribution in [3.8, 4) is 0 Å². The van der Waals surface area contributed by atoms with Crippen LogP contribution < -0.4 is 4.72 Å². The number of carbonyl (C=O) groups excluding carboxylic acids is 1. The molecule has 0 spiro atoms. The summed E-state index contributed by atoms with van der Waals surface area (Å²) < 4.78 is 31.7. The van der Waals surface area contributed by atoms with Crippen LogP contribution in [-0.2, 0) is 14.8 Å². The normalized spacial score (nSPS) is 19.8. The molecule has 0 aliphatic carbocycles. The second-order valence-electron chi connectivity index (χ2n) is 4.44. The maximum atomic E-state index is 11.9. The van der Waals surface area contributed by atoms with Gasteiger partial charge in [0.2, 0.25) is 10.0 Å². The zero-order chi connectivity index (χ0) is 14.0. The van der Waals surface area contributed by atoms with Crippen molar-refractivity contribution in [2.24, 2.45) is 0 Å². The molecular formula is C11H16N2O4S2.